The van der Waals surface area contributed by atoms with Crippen molar-refractivity contribution in [3.05, 3.63) is 53.1 Å². The van der Waals surface area contributed by atoms with Crippen LogP contribution >= 0.6 is 0 Å². The van der Waals surface area contributed by atoms with Crippen molar-refractivity contribution in [2.24, 2.45) is 0 Å². The van der Waals surface area contributed by atoms with Gasteiger partial charge in [-0.2, -0.15) is 0 Å². The van der Waals surface area contributed by atoms with E-state index >= 15 is 0 Å². The lowest BCUT2D eigenvalue weighted by Crippen LogP contribution is -2.44. The fourth-order valence-corrected chi connectivity index (χ4v) is 4.33. The molecule has 0 bridgehead atoms. The average Bonchev–Trinajstić information content (AvgIpc) is 3.14. The Morgan fingerprint density at radius 3 is 1.94 bits per heavy atom. The number of fused-ring (bicyclic) bond motifs is 1. The van der Waals surface area contributed by atoms with Crippen molar-refractivity contribution in [2.45, 2.75) is 31.6 Å². The normalized spacial score (nSPS) is 16.2. The number of hydrogen-bond acceptors (Lipinski definition) is 7. The van der Waals surface area contributed by atoms with Crippen LogP contribution in [0.4, 0.5) is 0 Å². The second-order valence-corrected chi connectivity index (χ2v) is 7.14. The van der Waals surface area contributed by atoms with Gasteiger partial charge in [0.2, 0.25) is 0 Å². The summed E-state index contributed by atoms with van der Waals surface area (Å²) in [6.45, 7) is 3.74. The Morgan fingerprint density at radius 2 is 1.45 bits per heavy atom. The highest BCUT2D eigenvalue weighted by atomic mass is 16.6. The lowest BCUT2D eigenvalue weighted by molar-refractivity contribution is -0.165. The molecule has 31 heavy (non-hydrogen) atoms. The van der Waals surface area contributed by atoms with E-state index in [2.05, 4.69) is 0 Å². The maximum absolute atomic E-state index is 13.2. The van der Waals surface area contributed by atoms with Crippen LogP contribution in [-0.4, -0.2) is 46.5 Å². The molecule has 7 heteroatoms. The number of methoxy groups -OCH3 is 3. The molecular formula is C24H28O7. The Morgan fingerprint density at radius 1 is 0.903 bits per heavy atom. The van der Waals surface area contributed by atoms with Gasteiger partial charge in [0.05, 0.1) is 34.5 Å². The Kier molecular flexibility index (Phi) is 6.73. The smallest absolute Gasteiger partial charge is 0.328 e. The summed E-state index contributed by atoms with van der Waals surface area (Å²) in [5.41, 5.74) is 0.569. The van der Waals surface area contributed by atoms with E-state index in [0.717, 1.165) is 11.1 Å². The summed E-state index contributed by atoms with van der Waals surface area (Å²) in [6.07, 6.45) is 0.142. The third-order valence-electron chi connectivity index (χ3n) is 5.66. The largest absolute Gasteiger partial charge is 0.496 e. The number of rotatable bonds is 8. The molecule has 0 saturated carbocycles. The van der Waals surface area contributed by atoms with Gasteiger partial charge in [-0.15, -0.1) is 0 Å². The van der Waals surface area contributed by atoms with Crippen LogP contribution in [0.1, 0.15) is 42.9 Å². The molecule has 1 unspecified atom stereocenters. The number of esters is 2. The van der Waals surface area contributed by atoms with E-state index in [0.29, 0.717) is 22.8 Å². The molecular weight excluding hydrogens is 400 g/mol. The van der Waals surface area contributed by atoms with Crippen LogP contribution in [0.3, 0.4) is 0 Å². The van der Waals surface area contributed by atoms with Crippen molar-refractivity contribution < 1.29 is 33.3 Å². The summed E-state index contributed by atoms with van der Waals surface area (Å²) < 4.78 is 27.4. The molecule has 1 aliphatic rings. The number of hydrogen-bond donors (Lipinski definition) is 0. The topological polar surface area (TPSA) is 80.3 Å². The van der Waals surface area contributed by atoms with E-state index in [4.69, 9.17) is 23.7 Å². The van der Waals surface area contributed by atoms with Gasteiger partial charge in [-0.05, 0) is 31.4 Å². The minimum atomic E-state index is -1.57. The van der Waals surface area contributed by atoms with Gasteiger partial charge in [0, 0.05) is 23.6 Å². The summed E-state index contributed by atoms with van der Waals surface area (Å²) >= 11 is 0. The predicted molar refractivity (Wildman–Crippen MR) is 114 cm³/mol. The highest BCUT2D eigenvalue weighted by Gasteiger charge is 2.58. The molecule has 0 aliphatic heterocycles. The number of ether oxygens (including phenoxy) is 5. The fourth-order valence-electron chi connectivity index (χ4n) is 4.33. The fraction of sp³-hybridized carbons (Fsp3) is 0.417. The van der Waals surface area contributed by atoms with Gasteiger partial charge >= 0.3 is 11.9 Å². The first-order chi connectivity index (χ1) is 15.0. The van der Waals surface area contributed by atoms with E-state index in [1.165, 1.54) is 0 Å². The Balaban J connectivity index is 2.26. The van der Waals surface area contributed by atoms with Crippen LogP contribution in [0.2, 0.25) is 0 Å². The second-order valence-electron chi connectivity index (χ2n) is 7.14. The van der Waals surface area contributed by atoms with E-state index in [1.54, 1.807) is 59.4 Å². The van der Waals surface area contributed by atoms with Gasteiger partial charge in [0.25, 0.3) is 0 Å². The average molecular weight is 428 g/mol. The zero-order valence-corrected chi connectivity index (χ0v) is 18.5. The van der Waals surface area contributed by atoms with Crippen molar-refractivity contribution >= 4 is 11.9 Å². The van der Waals surface area contributed by atoms with Crippen molar-refractivity contribution in [3.8, 4) is 17.2 Å². The molecule has 0 N–H and O–H groups in total. The lowest BCUT2D eigenvalue weighted by Gasteiger charge is -2.26. The van der Waals surface area contributed by atoms with Crippen LogP contribution in [-0.2, 0) is 24.5 Å². The van der Waals surface area contributed by atoms with Crippen LogP contribution in [0.15, 0.2) is 36.4 Å². The molecule has 166 valence electrons. The molecule has 0 fully saturated rings. The highest BCUT2D eigenvalue weighted by Crippen LogP contribution is 2.54. The maximum Gasteiger partial charge on any atom is 0.328 e. The SMILES string of the molecule is CCOC(=O)C1(C(=O)OCC)CC(c2c(OC)cc(OC)cc2OC)c2ccccc21. The zero-order valence-electron chi connectivity index (χ0n) is 18.5. The standard InChI is InChI=1S/C24H28O7/c1-6-30-22(25)24(23(26)31-7-2)14-17(16-10-8-9-11-18(16)24)21-19(28-4)12-15(27-3)13-20(21)29-5/h8-13,17H,6-7,14H2,1-5H3. The van der Waals surface area contributed by atoms with Gasteiger partial charge in [0.1, 0.15) is 17.2 Å². The number of benzene rings is 2. The molecule has 3 rings (SSSR count). The van der Waals surface area contributed by atoms with Crippen molar-refractivity contribution in [3.63, 3.8) is 0 Å². The molecule has 2 aromatic rings. The van der Waals surface area contributed by atoms with Crippen LogP contribution in [0.5, 0.6) is 17.2 Å². The number of carbonyl (C=O) groups excluding carboxylic acids is 2. The molecule has 0 radical (unpaired) electrons. The third-order valence-corrected chi connectivity index (χ3v) is 5.66. The maximum atomic E-state index is 13.2. The molecule has 0 spiro atoms. The van der Waals surface area contributed by atoms with Crippen LogP contribution in [0, 0.1) is 0 Å². The molecule has 0 amide bonds. The van der Waals surface area contributed by atoms with Crippen LogP contribution in [0.25, 0.3) is 0 Å². The molecule has 1 atom stereocenters. The first-order valence-corrected chi connectivity index (χ1v) is 10.2. The molecule has 1 aliphatic carbocycles. The zero-order chi connectivity index (χ0) is 22.6. The van der Waals surface area contributed by atoms with E-state index in [-0.39, 0.29) is 25.6 Å². The second kappa shape index (κ2) is 9.29. The summed E-state index contributed by atoms with van der Waals surface area (Å²) in [6, 6.07) is 10.9. The predicted octanol–water partition coefficient (Wildman–Crippen LogP) is 3.61. The van der Waals surface area contributed by atoms with Crippen molar-refractivity contribution in [1.29, 1.82) is 0 Å². The quantitative estimate of drug-likeness (QED) is 0.469. The highest BCUT2D eigenvalue weighted by molar-refractivity contribution is 6.08. The minimum absolute atomic E-state index is 0.142. The monoisotopic (exact) mass is 428 g/mol. The number of carbonyl (C=O) groups is 2. The third kappa shape index (κ3) is 3.69. The Bertz CT molecular complexity index is 923. The Labute approximate surface area is 182 Å². The minimum Gasteiger partial charge on any atom is -0.496 e. The first kappa shape index (κ1) is 22.5. The van der Waals surface area contributed by atoms with Crippen molar-refractivity contribution in [1.82, 2.24) is 0 Å². The molecule has 0 heterocycles. The van der Waals surface area contributed by atoms with E-state index < -0.39 is 17.4 Å². The first-order valence-electron chi connectivity index (χ1n) is 10.2. The summed E-state index contributed by atoms with van der Waals surface area (Å²) in [4.78, 5) is 26.5. The van der Waals surface area contributed by atoms with Crippen molar-refractivity contribution in [2.75, 3.05) is 34.5 Å². The Hall–Kier alpha value is -3.22. The molecule has 7 nitrogen and oxygen atoms in total. The molecule has 0 aromatic heterocycles. The van der Waals surface area contributed by atoms with Gasteiger partial charge in [0.15, 0.2) is 5.41 Å². The van der Waals surface area contributed by atoms with Crippen LogP contribution < -0.4 is 14.2 Å². The van der Waals surface area contributed by atoms with Gasteiger partial charge < -0.3 is 23.7 Å². The summed E-state index contributed by atoms with van der Waals surface area (Å²) in [5, 5.41) is 0. The summed E-state index contributed by atoms with van der Waals surface area (Å²) in [5.74, 6) is 0.0651. The molecule has 0 saturated heterocycles. The van der Waals surface area contributed by atoms with Gasteiger partial charge in [-0.3, -0.25) is 9.59 Å². The van der Waals surface area contributed by atoms with E-state index in [9.17, 15) is 9.59 Å². The van der Waals surface area contributed by atoms with Gasteiger partial charge in [-0.25, -0.2) is 0 Å². The van der Waals surface area contributed by atoms with E-state index in [1.807, 2.05) is 12.1 Å². The lowest BCUT2D eigenvalue weighted by atomic mass is 9.80. The summed E-state index contributed by atoms with van der Waals surface area (Å²) in [7, 11) is 4.68. The molecule has 2 aromatic carbocycles. The van der Waals surface area contributed by atoms with Gasteiger partial charge in [-0.1, -0.05) is 24.3 Å².